The van der Waals surface area contributed by atoms with Crippen LogP contribution in [0.5, 0.6) is 5.75 Å². The first-order chi connectivity index (χ1) is 12.9. The Balaban J connectivity index is 1.46. The molecule has 1 saturated carbocycles. The molecule has 148 valence electrons. The van der Waals surface area contributed by atoms with Crippen molar-refractivity contribution < 1.29 is 27.5 Å². The van der Waals surface area contributed by atoms with E-state index in [0.29, 0.717) is 12.8 Å². The molecule has 1 aliphatic heterocycles. The molecule has 0 unspecified atom stereocenters. The first kappa shape index (κ1) is 19.7. The van der Waals surface area contributed by atoms with E-state index < -0.39 is 15.8 Å². The van der Waals surface area contributed by atoms with E-state index in [4.69, 9.17) is 9.47 Å². The molecule has 1 saturated heterocycles. The van der Waals surface area contributed by atoms with E-state index in [1.54, 1.807) is 12.0 Å². The topological polar surface area (TPSA) is 90.0 Å². The van der Waals surface area contributed by atoms with Gasteiger partial charge in [0.15, 0.2) is 16.4 Å². The predicted octanol–water partition coefficient (Wildman–Crippen LogP) is 1.35. The lowest BCUT2D eigenvalue weighted by Crippen LogP contribution is -2.44. The molecule has 8 heteroatoms. The smallest absolute Gasteiger partial charge is 0.306 e. The minimum Gasteiger partial charge on any atom is -0.497 e. The fourth-order valence-corrected chi connectivity index (χ4v) is 5.09. The maximum Gasteiger partial charge on any atom is 0.306 e. The van der Waals surface area contributed by atoms with Gasteiger partial charge >= 0.3 is 5.97 Å². The third kappa shape index (κ3) is 5.45. The Bertz CT molecular complexity index is 785. The van der Waals surface area contributed by atoms with Gasteiger partial charge in [0.25, 0.3) is 5.91 Å². The molecular formula is C19H25NO6S. The minimum absolute atomic E-state index is 0.0145. The predicted molar refractivity (Wildman–Crippen MR) is 99.2 cm³/mol. The second kappa shape index (κ2) is 8.29. The van der Waals surface area contributed by atoms with E-state index in [9.17, 15) is 18.0 Å². The van der Waals surface area contributed by atoms with Gasteiger partial charge in [-0.1, -0.05) is 12.1 Å². The number of nitrogens with zero attached hydrogens (tertiary/aromatic N) is 1. The van der Waals surface area contributed by atoms with Gasteiger partial charge in [0.2, 0.25) is 0 Å². The second-order valence-corrected chi connectivity index (χ2v) is 9.33. The first-order valence-electron chi connectivity index (χ1n) is 9.18. The Kier molecular flexibility index (Phi) is 6.04. The number of aryl methyl sites for hydroxylation is 1. The molecule has 3 rings (SSSR count). The zero-order valence-corrected chi connectivity index (χ0v) is 16.2. The van der Waals surface area contributed by atoms with Gasteiger partial charge in [-0.3, -0.25) is 9.59 Å². The third-order valence-corrected chi connectivity index (χ3v) is 6.71. The molecule has 27 heavy (non-hydrogen) atoms. The number of benzene rings is 1. The average molecular weight is 395 g/mol. The number of methoxy groups -OCH3 is 1. The second-order valence-electron chi connectivity index (χ2n) is 7.10. The van der Waals surface area contributed by atoms with E-state index in [0.717, 1.165) is 24.2 Å². The molecule has 0 spiro atoms. The van der Waals surface area contributed by atoms with Gasteiger partial charge in [-0.15, -0.1) is 0 Å². The molecule has 0 bridgehead atoms. The van der Waals surface area contributed by atoms with Gasteiger partial charge in [-0.05, 0) is 43.4 Å². The number of carbonyl (C=O) groups is 2. The number of amides is 1. The third-order valence-electron chi connectivity index (χ3n) is 4.96. The number of hydrogen-bond acceptors (Lipinski definition) is 6. The van der Waals surface area contributed by atoms with Gasteiger partial charge in [0.05, 0.1) is 18.6 Å². The van der Waals surface area contributed by atoms with Crippen molar-refractivity contribution in [3.8, 4) is 5.75 Å². The number of hydrogen-bond donors (Lipinski definition) is 0. The van der Waals surface area contributed by atoms with Crippen LogP contribution in [0.1, 0.15) is 31.2 Å². The summed E-state index contributed by atoms with van der Waals surface area (Å²) in [6.45, 7) is -0.325. The summed E-state index contributed by atoms with van der Waals surface area (Å²) in [5.74, 6) is 0.156. The van der Waals surface area contributed by atoms with E-state index in [1.165, 1.54) is 0 Å². The molecule has 7 nitrogen and oxygen atoms in total. The quantitative estimate of drug-likeness (QED) is 0.617. The maximum absolute atomic E-state index is 12.5. The molecule has 1 aromatic rings. The summed E-state index contributed by atoms with van der Waals surface area (Å²) in [6.07, 6.45) is 2.93. The van der Waals surface area contributed by atoms with Crippen LogP contribution in [0.2, 0.25) is 0 Å². The summed E-state index contributed by atoms with van der Waals surface area (Å²) in [6, 6.07) is 7.22. The van der Waals surface area contributed by atoms with Crippen molar-refractivity contribution in [3.05, 3.63) is 29.8 Å². The van der Waals surface area contributed by atoms with Crippen LogP contribution in [0.3, 0.4) is 0 Å². The van der Waals surface area contributed by atoms with Crippen LogP contribution in [-0.2, 0) is 30.6 Å². The molecule has 2 aliphatic rings. The van der Waals surface area contributed by atoms with Gasteiger partial charge in [0.1, 0.15) is 5.75 Å². The van der Waals surface area contributed by atoms with Crippen LogP contribution in [0.15, 0.2) is 24.3 Å². The molecule has 1 aliphatic carbocycles. The Morgan fingerprint density at radius 2 is 1.81 bits per heavy atom. The van der Waals surface area contributed by atoms with Gasteiger partial charge in [-0.2, -0.15) is 0 Å². The summed E-state index contributed by atoms with van der Waals surface area (Å²) < 4.78 is 33.6. The number of rotatable bonds is 8. The molecule has 1 atom stereocenters. The van der Waals surface area contributed by atoms with E-state index in [2.05, 4.69) is 0 Å². The van der Waals surface area contributed by atoms with Gasteiger partial charge < -0.3 is 14.4 Å². The molecule has 1 aromatic carbocycles. The van der Waals surface area contributed by atoms with Crippen LogP contribution < -0.4 is 4.74 Å². The van der Waals surface area contributed by atoms with Gasteiger partial charge in [0, 0.05) is 18.5 Å². The number of esters is 1. The van der Waals surface area contributed by atoms with Crippen LogP contribution in [-0.4, -0.2) is 62.5 Å². The van der Waals surface area contributed by atoms with Crippen LogP contribution in [0.25, 0.3) is 0 Å². The fourth-order valence-electron chi connectivity index (χ4n) is 3.38. The summed E-state index contributed by atoms with van der Waals surface area (Å²) in [4.78, 5) is 26.1. The van der Waals surface area contributed by atoms with Crippen molar-refractivity contribution in [2.24, 2.45) is 0 Å². The summed E-state index contributed by atoms with van der Waals surface area (Å²) in [5, 5.41) is 0. The van der Waals surface area contributed by atoms with E-state index in [-0.39, 0.29) is 42.5 Å². The molecule has 0 aromatic heterocycles. The van der Waals surface area contributed by atoms with Crippen molar-refractivity contribution in [1.29, 1.82) is 0 Å². The lowest BCUT2D eigenvalue weighted by atomic mass is 10.1. The van der Waals surface area contributed by atoms with E-state index in [1.807, 2.05) is 24.3 Å². The molecular weight excluding hydrogens is 370 g/mol. The van der Waals surface area contributed by atoms with Crippen LogP contribution in [0.4, 0.5) is 0 Å². The number of sulfone groups is 1. The molecule has 0 radical (unpaired) electrons. The van der Waals surface area contributed by atoms with Crippen LogP contribution >= 0.6 is 0 Å². The van der Waals surface area contributed by atoms with Crippen molar-refractivity contribution in [2.75, 3.05) is 25.2 Å². The summed E-state index contributed by atoms with van der Waals surface area (Å²) >= 11 is 0. The highest BCUT2D eigenvalue weighted by Crippen LogP contribution is 2.32. The molecule has 1 amide bonds. The first-order valence-corrected chi connectivity index (χ1v) is 11.0. The number of ether oxygens (including phenoxy) is 2. The van der Waals surface area contributed by atoms with Crippen molar-refractivity contribution in [3.63, 3.8) is 0 Å². The minimum atomic E-state index is -3.07. The lowest BCUT2D eigenvalue weighted by molar-refractivity contribution is -0.153. The van der Waals surface area contributed by atoms with E-state index >= 15 is 0 Å². The highest BCUT2D eigenvalue weighted by atomic mass is 32.2. The van der Waals surface area contributed by atoms with Crippen molar-refractivity contribution in [2.45, 2.75) is 44.2 Å². The highest BCUT2D eigenvalue weighted by molar-refractivity contribution is 7.91. The summed E-state index contributed by atoms with van der Waals surface area (Å²) in [5.41, 5.74) is 0.981. The van der Waals surface area contributed by atoms with Crippen molar-refractivity contribution >= 4 is 21.7 Å². The van der Waals surface area contributed by atoms with Crippen LogP contribution in [0, 0.1) is 0 Å². The zero-order chi connectivity index (χ0) is 19.4. The Morgan fingerprint density at radius 1 is 1.11 bits per heavy atom. The number of carbonyl (C=O) groups excluding carboxylic acids is 2. The average Bonchev–Trinajstić information content (AvgIpc) is 3.41. The van der Waals surface area contributed by atoms with Crippen molar-refractivity contribution in [1.82, 2.24) is 4.90 Å². The molecule has 2 fully saturated rings. The Morgan fingerprint density at radius 3 is 2.37 bits per heavy atom. The molecule has 0 N–H and O–H groups in total. The fraction of sp³-hybridized carbons (Fsp3) is 0.579. The standard InChI is InChI=1S/C19H25NO6S/c1-25-17-7-2-14(3-8-17)4-9-19(22)26-12-18(21)20(15-5-6-15)16-10-11-27(23,24)13-16/h2-3,7-8,15-16H,4-6,9-13H2,1H3/t16-/m1/s1. The Hall–Kier alpha value is -2.09. The maximum atomic E-state index is 12.5. The Labute approximate surface area is 159 Å². The molecule has 1 heterocycles. The monoisotopic (exact) mass is 395 g/mol. The normalized spacial score (nSPS) is 20.9. The summed E-state index contributed by atoms with van der Waals surface area (Å²) in [7, 11) is -1.47. The zero-order valence-electron chi connectivity index (χ0n) is 15.4. The SMILES string of the molecule is COc1ccc(CCC(=O)OCC(=O)N(C2CC2)[C@@H]2CCS(=O)(=O)C2)cc1. The lowest BCUT2D eigenvalue weighted by Gasteiger charge is -2.28. The highest BCUT2D eigenvalue weighted by Gasteiger charge is 2.42. The largest absolute Gasteiger partial charge is 0.497 e. The van der Waals surface area contributed by atoms with Gasteiger partial charge in [-0.25, -0.2) is 8.42 Å².